The highest BCUT2D eigenvalue weighted by Gasteiger charge is 2.37. The first-order chi connectivity index (χ1) is 15.4. The van der Waals surface area contributed by atoms with Gasteiger partial charge in [-0.3, -0.25) is 20.6 Å². The number of carbonyl (C=O) groups is 1. The van der Waals surface area contributed by atoms with Crippen molar-refractivity contribution < 1.29 is 35.5 Å². The van der Waals surface area contributed by atoms with Crippen molar-refractivity contribution in [2.45, 2.75) is 12.4 Å². The average Bonchev–Trinajstić information content (AvgIpc) is 2.74. The third kappa shape index (κ3) is 6.03. The summed E-state index contributed by atoms with van der Waals surface area (Å²) in [6.07, 6.45) is -7.64. The molecule has 0 saturated carbocycles. The van der Waals surface area contributed by atoms with Gasteiger partial charge < -0.3 is 5.32 Å². The predicted molar refractivity (Wildman–Crippen MR) is 114 cm³/mol. The van der Waals surface area contributed by atoms with E-state index in [-0.39, 0.29) is 23.0 Å². The van der Waals surface area contributed by atoms with E-state index in [4.69, 9.17) is 0 Å². The Labute approximate surface area is 195 Å². The number of pyridine rings is 1. The molecule has 0 fully saturated rings. The molecule has 0 saturated heterocycles. The molecule has 13 heteroatoms. The highest BCUT2D eigenvalue weighted by atomic mass is 127. The van der Waals surface area contributed by atoms with Gasteiger partial charge in [0.2, 0.25) is 0 Å². The van der Waals surface area contributed by atoms with Crippen LogP contribution in [0.15, 0.2) is 54.9 Å². The van der Waals surface area contributed by atoms with Crippen molar-refractivity contribution in [3.8, 4) is 0 Å². The quantitative estimate of drug-likeness (QED) is 0.186. The summed E-state index contributed by atoms with van der Waals surface area (Å²) in [5, 5.41) is 2.69. The molecule has 0 aliphatic heterocycles. The van der Waals surface area contributed by atoms with E-state index in [0.717, 1.165) is 0 Å². The van der Waals surface area contributed by atoms with Crippen LogP contribution in [0.4, 0.5) is 47.8 Å². The molecule has 3 N–H and O–H groups in total. The lowest BCUT2D eigenvalue weighted by Gasteiger charge is -2.16. The second-order valence-corrected chi connectivity index (χ2v) is 7.68. The minimum atomic E-state index is -5.04. The second kappa shape index (κ2) is 9.41. The molecule has 0 aliphatic rings. The SMILES string of the molecule is O=C(NNc1cc(C(F)(F)F)cc(C(F)(F)F)c1)c1ccncc1Nc1cccc(I)c1F. The zero-order valence-electron chi connectivity index (χ0n) is 16.1. The van der Waals surface area contributed by atoms with E-state index >= 15 is 0 Å². The Balaban J connectivity index is 1.84. The van der Waals surface area contributed by atoms with E-state index in [2.05, 4.69) is 15.7 Å². The van der Waals surface area contributed by atoms with Gasteiger partial charge in [0.15, 0.2) is 5.82 Å². The molecule has 5 nitrogen and oxygen atoms in total. The number of anilines is 3. The van der Waals surface area contributed by atoms with E-state index in [9.17, 15) is 35.5 Å². The van der Waals surface area contributed by atoms with Crippen LogP contribution in [0.3, 0.4) is 0 Å². The Morgan fingerprint density at radius 2 is 1.55 bits per heavy atom. The predicted octanol–water partition coefficient (Wildman–Crippen LogP) is 6.36. The summed E-state index contributed by atoms with van der Waals surface area (Å²) in [6.45, 7) is 0. The summed E-state index contributed by atoms with van der Waals surface area (Å²) < 4.78 is 92.5. The van der Waals surface area contributed by atoms with Crippen molar-refractivity contribution in [3.05, 3.63) is 80.9 Å². The maximum Gasteiger partial charge on any atom is 0.416 e. The standard InChI is InChI=1S/C20H12F7IN4O/c21-17-14(28)2-1-3-15(17)30-16-9-29-5-4-13(16)18(33)32-31-12-7-10(19(22,23)24)6-11(8-12)20(25,26)27/h1-9,30-31H,(H,32,33). The minimum Gasteiger partial charge on any atom is -0.351 e. The van der Waals surface area contributed by atoms with Gasteiger partial charge in [-0.2, -0.15) is 26.3 Å². The molecule has 1 amide bonds. The maximum absolute atomic E-state index is 14.3. The van der Waals surface area contributed by atoms with Crippen LogP contribution >= 0.6 is 22.6 Å². The number of benzene rings is 2. The van der Waals surface area contributed by atoms with E-state index in [0.29, 0.717) is 15.7 Å². The Kier molecular flexibility index (Phi) is 7.00. The lowest BCUT2D eigenvalue weighted by atomic mass is 10.1. The lowest BCUT2D eigenvalue weighted by molar-refractivity contribution is -0.143. The third-order valence-electron chi connectivity index (χ3n) is 4.19. The van der Waals surface area contributed by atoms with Crippen LogP contribution < -0.4 is 16.2 Å². The molecule has 0 radical (unpaired) electrons. The first kappa shape index (κ1) is 24.5. The monoisotopic (exact) mass is 584 g/mol. The van der Waals surface area contributed by atoms with E-state index < -0.39 is 40.9 Å². The zero-order valence-corrected chi connectivity index (χ0v) is 18.2. The van der Waals surface area contributed by atoms with E-state index in [1.165, 1.54) is 30.6 Å². The molecule has 0 aliphatic carbocycles. The van der Waals surface area contributed by atoms with Crippen molar-refractivity contribution in [1.82, 2.24) is 10.4 Å². The first-order valence-electron chi connectivity index (χ1n) is 8.87. The molecule has 3 rings (SSSR count). The number of hydrogen-bond donors (Lipinski definition) is 3. The lowest BCUT2D eigenvalue weighted by Crippen LogP contribution is -2.30. The zero-order chi connectivity index (χ0) is 24.4. The normalized spacial score (nSPS) is 11.8. The molecule has 0 unspecified atom stereocenters. The van der Waals surface area contributed by atoms with Gasteiger partial charge in [0.05, 0.1) is 43.5 Å². The Morgan fingerprint density at radius 1 is 0.909 bits per heavy atom. The number of amides is 1. The number of rotatable bonds is 5. The molecule has 174 valence electrons. The van der Waals surface area contributed by atoms with Crippen LogP contribution in [0.5, 0.6) is 0 Å². The van der Waals surface area contributed by atoms with Gasteiger partial charge in [-0.05, 0) is 59.0 Å². The number of carbonyl (C=O) groups excluding carboxylic acids is 1. The Hall–Kier alpha value is -3.10. The summed E-state index contributed by atoms with van der Waals surface area (Å²) in [5.41, 5.74) is 0.347. The van der Waals surface area contributed by atoms with Gasteiger partial charge in [0.1, 0.15) is 0 Å². The highest BCUT2D eigenvalue weighted by Crippen LogP contribution is 2.37. The topological polar surface area (TPSA) is 66.0 Å². The third-order valence-corrected chi connectivity index (χ3v) is 5.03. The average molecular weight is 584 g/mol. The number of hydrazine groups is 1. The van der Waals surface area contributed by atoms with Gasteiger partial charge >= 0.3 is 12.4 Å². The Morgan fingerprint density at radius 3 is 2.15 bits per heavy atom. The molecule has 0 spiro atoms. The number of nitrogens with one attached hydrogen (secondary N) is 3. The molecule has 3 aromatic rings. The van der Waals surface area contributed by atoms with Crippen LogP contribution in [-0.4, -0.2) is 10.9 Å². The van der Waals surface area contributed by atoms with Crippen LogP contribution in [-0.2, 0) is 12.4 Å². The molecular formula is C20H12F7IN4O. The minimum absolute atomic E-state index is 0.0320. The van der Waals surface area contributed by atoms with Crippen molar-refractivity contribution in [2.75, 3.05) is 10.7 Å². The van der Waals surface area contributed by atoms with Crippen molar-refractivity contribution >= 4 is 45.6 Å². The number of aromatic nitrogens is 1. The van der Waals surface area contributed by atoms with Crippen LogP contribution in [0.2, 0.25) is 0 Å². The molecule has 0 atom stereocenters. The van der Waals surface area contributed by atoms with Crippen LogP contribution in [0.1, 0.15) is 21.5 Å². The number of alkyl halides is 6. The molecule has 1 aromatic heterocycles. The van der Waals surface area contributed by atoms with Crippen LogP contribution in [0.25, 0.3) is 0 Å². The van der Waals surface area contributed by atoms with E-state index in [1.807, 2.05) is 5.43 Å². The van der Waals surface area contributed by atoms with Crippen molar-refractivity contribution in [2.24, 2.45) is 0 Å². The molecule has 0 bridgehead atoms. The fourth-order valence-corrected chi connectivity index (χ4v) is 3.16. The molecule has 33 heavy (non-hydrogen) atoms. The summed E-state index contributed by atoms with van der Waals surface area (Å²) in [7, 11) is 0. The summed E-state index contributed by atoms with van der Waals surface area (Å²) in [4.78, 5) is 16.4. The fraction of sp³-hybridized carbons (Fsp3) is 0.100. The van der Waals surface area contributed by atoms with Crippen molar-refractivity contribution in [1.29, 1.82) is 0 Å². The number of hydrogen-bond acceptors (Lipinski definition) is 4. The highest BCUT2D eigenvalue weighted by molar-refractivity contribution is 14.1. The van der Waals surface area contributed by atoms with Gasteiger partial charge in [-0.15, -0.1) is 0 Å². The summed E-state index contributed by atoms with van der Waals surface area (Å²) in [6, 6.07) is 6.53. The number of halogens is 8. The summed E-state index contributed by atoms with van der Waals surface area (Å²) in [5.74, 6) is -1.51. The smallest absolute Gasteiger partial charge is 0.351 e. The van der Waals surface area contributed by atoms with Gasteiger partial charge in [-0.1, -0.05) is 6.07 Å². The van der Waals surface area contributed by atoms with Crippen LogP contribution in [0, 0.1) is 9.39 Å². The van der Waals surface area contributed by atoms with Gasteiger partial charge in [0.25, 0.3) is 5.91 Å². The first-order valence-corrected chi connectivity index (χ1v) is 9.95. The second-order valence-electron chi connectivity index (χ2n) is 6.52. The molecular weight excluding hydrogens is 572 g/mol. The maximum atomic E-state index is 14.3. The van der Waals surface area contributed by atoms with E-state index in [1.54, 1.807) is 28.7 Å². The summed E-state index contributed by atoms with van der Waals surface area (Å²) >= 11 is 1.77. The molecule has 2 aromatic carbocycles. The molecule has 1 heterocycles. The van der Waals surface area contributed by atoms with Gasteiger partial charge in [-0.25, -0.2) is 4.39 Å². The fourth-order valence-electron chi connectivity index (χ4n) is 2.66. The van der Waals surface area contributed by atoms with Crippen molar-refractivity contribution in [3.63, 3.8) is 0 Å². The number of nitrogens with zero attached hydrogens (tertiary/aromatic N) is 1. The Bertz CT molecular complexity index is 1150. The largest absolute Gasteiger partial charge is 0.416 e. The van der Waals surface area contributed by atoms with Gasteiger partial charge in [0, 0.05) is 6.20 Å².